The van der Waals surface area contributed by atoms with Crippen LogP contribution in [0.15, 0.2) is 77.2 Å². The van der Waals surface area contributed by atoms with Gasteiger partial charge in [-0.25, -0.2) is 9.69 Å². The van der Waals surface area contributed by atoms with Crippen molar-refractivity contribution in [2.24, 2.45) is 5.92 Å². The number of amides is 2. The first-order valence-corrected chi connectivity index (χ1v) is 30.0. The summed E-state index contributed by atoms with van der Waals surface area (Å²) < 4.78 is 19.3. The summed E-state index contributed by atoms with van der Waals surface area (Å²) in [5.74, 6) is -1.32. The predicted molar refractivity (Wildman–Crippen MR) is 289 cm³/mol. The third-order valence-corrected chi connectivity index (χ3v) is 23.9. The largest absolute Gasteiger partial charge is 0.420 e. The summed E-state index contributed by atoms with van der Waals surface area (Å²) in [4.78, 5) is 53.6. The Morgan fingerprint density at radius 3 is 1.58 bits per heavy atom. The molecule has 4 aromatic carbocycles. The highest BCUT2D eigenvalue weighted by Crippen LogP contribution is 2.42. The molecule has 0 bridgehead atoms. The molecule has 5 rings (SSSR count). The molecule has 2 N–H and O–H groups in total. The van der Waals surface area contributed by atoms with E-state index in [-0.39, 0.29) is 51.3 Å². The van der Waals surface area contributed by atoms with Crippen molar-refractivity contribution >= 4 is 74.4 Å². The SMILES string of the molecule is [C-]#[N+]c1ccc(C[C@@H](C(=O)NNC(=O)c2ccc([N+](=O)[O-])cc2)[C@H](C)O[Si](C)(C)C(C)(C)C)c(C)c1Cl.[C-]#[N+]c1ccc(C[C@@H](c2nnc(-c3ccc([N+](=O)[O-])cc3)o2)[C@H](C)O[Si](C)(C)C(C)(C)C)c(C)c1Cl. The van der Waals surface area contributed by atoms with Crippen LogP contribution >= 0.6 is 23.2 Å². The summed E-state index contributed by atoms with van der Waals surface area (Å²) in [5, 5.41) is 31.1. The summed E-state index contributed by atoms with van der Waals surface area (Å²) in [6, 6.07) is 18.1. The fourth-order valence-corrected chi connectivity index (χ4v) is 10.5. The van der Waals surface area contributed by atoms with Gasteiger partial charge in [0, 0.05) is 35.4 Å². The Morgan fingerprint density at radius 1 is 0.699 bits per heavy atom. The Morgan fingerprint density at radius 2 is 1.14 bits per heavy atom. The van der Waals surface area contributed by atoms with Crippen LogP contribution in [-0.4, -0.2) is 60.7 Å². The minimum Gasteiger partial charge on any atom is -0.420 e. The van der Waals surface area contributed by atoms with Gasteiger partial charge in [0.2, 0.25) is 29.1 Å². The first-order valence-electron chi connectivity index (χ1n) is 23.4. The molecule has 0 radical (unpaired) electrons. The van der Waals surface area contributed by atoms with Crippen LogP contribution in [0.2, 0.25) is 46.3 Å². The van der Waals surface area contributed by atoms with Crippen LogP contribution in [0, 0.1) is 53.1 Å². The topological polar surface area (TPSA) is 211 Å². The fourth-order valence-electron chi connectivity index (χ4n) is 7.13. The number of nitro benzene ring substituents is 2. The van der Waals surface area contributed by atoms with Gasteiger partial charge in [0.15, 0.2) is 16.6 Å². The van der Waals surface area contributed by atoms with Crippen LogP contribution in [0.4, 0.5) is 22.7 Å². The van der Waals surface area contributed by atoms with E-state index >= 15 is 0 Å². The van der Waals surface area contributed by atoms with Gasteiger partial charge in [-0.1, -0.05) is 89.0 Å². The van der Waals surface area contributed by atoms with Gasteiger partial charge >= 0.3 is 0 Å². The van der Waals surface area contributed by atoms with Crippen molar-refractivity contribution in [3.05, 3.63) is 160 Å². The zero-order chi connectivity index (χ0) is 55.0. The monoisotopic (exact) mass is 1070 g/mol. The van der Waals surface area contributed by atoms with E-state index in [0.29, 0.717) is 44.9 Å². The van der Waals surface area contributed by atoms with Gasteiger partial charge in [-0.3, -0.25) is 40.7 Å². The van der Waals surface area contributed by atoms with E-state index in [9.17, 15) is 29.8 Å². The highest BCUT2D eigenvalue weighted by atomic mass is 35.5. The molecule has 5 aromatic rings. The zero-order valence-electron chi connectivity index (χ0n) is 43.8. The number of nitrogens with zero attached hydrogens (tertiary/aromatic N) is 6. The first kappa shape index (κ1) is 59.2. The van der Waals surface area contributed by atoms with Crippen molar-refractivity contribution in [3.8, 4) is 11.5 Å². The minimum absolute atomic E-state index is 0.0111. The second kappa shape index (κ2) is 24.1. The molecule has 1 aromatic heterocycles. The highest BCUT2D eigenvalue weighted by Gasteiger charge is 2.42. The second-order valence-corrected chi connectivity index (χ2v) is 31.1. The van der Waals surface area contributed by atoms with Crippen LogP contribution in [0.5, 0.6) is 0 Å². The molecule has 0 unspecified atom stereocenters. The van der Waals surface area contributed by atoms with Crippen LogP contribution in [-0.2, 0) is 26.5 Å². The first-order chi connectivity index (χ1) is 33.8. The lowest BCUT2D eigenvalue weighted by Crippen LogP contribution is -2.51. The number of halogens is 2. The van der Waals surface area contributed by atoms with Crippen LogP contribution in [0.1, 0.15) is 99.8 Å². The number of carbonyl (C=O) groups excluding carboxylic acids is 2. The normalized spacial score (nSPS) is 13.5. The molecule has 17 nitrogen and oxygen atoms in total. The lowest BCUT2D eigenvalue weighted by atomic mass is 9.91. The Bertz CT molecular complexity index is 2900. The van der Waals surface area contributed by atoms with Gasteiger partial charge in [0.1, 0.15) is 0 Å². The Balaban J connectivity index is 0.000000317. The maximum Gasteiger partial charge on any atom is 0.269 e. The maximum atomic E-state index is 13.4. The van der Waals surface area contributed by atoms with Gasteiger partial charge in [0.25, 0.3) is 17.3 Å². The third-order valence-electron chi connectivity index (χ3n) is 13.8. The van der Waals surface area contributed by atoms with Crippen molar-refractivity contribution in [1.29, 1.82) is 0 Å². The molecule has 1 heterocycles. The number of hydrogen-bond acceptors (Lipinski definition) is 11. The molecular weight excluding hydrogens is 1010 g/mol. The van der Waals surface area contributed by atoms with Crippen molar-refractivity contribution in [2.75, 3.05) is 0 Å². The van der Waals surface area contributed by atoms with Gasteiger partial charge in [0.05, 0.1) is 57.1 Å². The van der Waals surface area contributed by atoms with Crippen LogP contribution in [0.25, 0.3) is 21.1 Å². The molecule has 0 aliphatic rings. The molecule has 0 saturated carbocycles. The van der Waals surface area contributed by atoms with E-state index in [4.69, 9.17) is 49.6 Å². The fraction of sp³-hybridized carbons (Fsp3) is 0.423. The quantitative estimate of drug-likeness (QED) is 0.0411. The Labute approximate surface area is 439 Å². The van der Waals surface area contributed by atoms with Gasteiger partial charge in [-0.2, -0.15) is 0 Å². The van der Waals surface area contributed by atoms with E-state index in [1.54, 1.807) is 37.3 Å². The minimum atomic E-state index is -2.23. The summed E-state index contributed by atoms with van der Waals surface area (Å²) >= 11 is 12.8. The average molecular weight is 1070 g/mol. The number of rotatable bonds is 16. The molecule has 0 fully saturated rings. The lowest BCUT2D eigenvalue weighted by molar-refractivity contribution is -0.385. The number of carbonyl (C=O) groups is 2. The molecule has 2 amide bonds. The molecular formula is C52H64Cl2N8O9Si2. The van der Waals surface area contributed by atoms with Gasteiger partial charge in [-0.15, -0.1) is 10.2 Å². The standard InChI is InChI=1S/C26H33ClN4O5Si.C26H31ClN4O4Si/c1-16-19(11-14-22(28-6)23(16)27)15-21(17(2)36-37(7,8)26(3,4)5)25(33)30-29-24(32)18-9-12-20(13-10-18)31(34)35;1-16-19(11-14-22(28-6)23(16)27)15-21(17(2)35-36(7,8)26(3,4)5)25-30-29-24(34-25)18-9-12-20(13-10-18)31(32)33/h9-14,17,21H,15H2,1-5,7-8H3,(H,29,32)(H,30,33);9-14,17,21H,15H2,1-5,7-8H3/t2*17-,21+/m00/s1. The molecule has 73 heavy (non-hydrogen) atoms. The van der Waals surface area contributed by atoms with Crippen LogP contribution in [0.3, 0.4) is 0 Å². The lowest BCUT2D eigenvalue weighted by Gasteiger charge is -2.40. The molecule has 0 spiro atoms. The molecule has 0 aliphatic heterocycles. The smallest absolute Gasteiger partial charge is 0.269 e. The molecule has 0 saturated heterocycles. The third kappa shape index (κ3) is 14.9. The number of hydrazine groups is 1. The van der Waals surface area contributed by atoms with Crippen molar-refractivity contribution in [3.63, 3.8) is 0 Å². The summed E-state index contributed by atoms with van der Waals surface area (Å²) in [6.07, 6.45) is 0.0750. The maximum absolute atomic E-state index is 13.4. The molecule has 4 atom stereocenters. The summed E-state index contributed by atoms with van der Waals surface area (Å²) in [6.45, 7) is 43.7. The Kier molecular flexibility index (Phi) is 19.6. The van der Waals surface area contributed by atoms with Crippen molar-refractivity contribution in [2.45, 2.75) is 136 Å². The van der Waals surface area contributed by atoms with Crippen molar-refractivity contribution < 1.29 is 32.7 Å². The van der Waals surface area contributed by atoms with Gasteiger partial charge < -0.3 is 13.3 Å². The number of aromatic nitrogens is 2. The number of nitro groups is 2. The Hall–Kier alpha value is -6.33. The zero-order valence-corrected chi connectivity index (χ0v) is 47.3. The van der Waals surface area contributed by atoms with Crippen molar-refractivity contribution in [1.82, 2.24) is 21.0 Å². The van der Waals surface area contributed by atoms with Gasteiger partial charge in [-0.05, 0) is 123 Å². The number of hydrogen-bond donors (Lipinski definition) is 2. The molecule has 388 valence electrons. The number of nitrogens with one attached hydrogen (secondary N) is 2. The molecule has 21 heteroatoms. The highest BCUT2D eigenvalue weighted by molar-refractivity contribution is 6.74. The number of non-ortho nitro benzene ring substituents is 2. The summed E-state index contributed by atoms with van der Waals surface area (Å²) in [5.41, 5.74) is 9.54. The predicted octanol–water partition coefficient (Wildman–Crippen LogP) is 14.0. The van der Waals surface area contributed by atoms with E-state index < -0.39 is 50.3 Å². The average Bonchev–Trinajstić information content (AvgIpc) is 3.81. The van der Waals surface area contributed by atoms with E-state index in [1.165, 1.54) is 36.4 Å². The second-order valence-electron chi connectivity index (χ2n) is 20.9. The summed E-state index contributed by atoms with van der Waals surface area (Å²) in [7, 11) is -4.35. The van der Waals surface area contributed by atoms with E-state index in [0.717, 1.165) is 16.7 Å². The van der Waals surface area contributed by atoms with E-state index in [1.807, 2.05) is 26.8 Å². The van der Waals surface area contributed by atoms with E-state index in [2.05, 4.69) is 98.5 Å². The number of benzene rings is 4. The molecule has 0 aliphatic carbocycles. The van der Waals surface area contributed by atoms with Crippen LogP contribution < -0.4 is 10.9 Å².